The number of hydrogen-bond donors (Lipinski definition) is 3. The quantitative estimate of drug-likeness (QED) is 0.477. The van der Waals surface area contributed by atoms with Crippen molar-refractivity contribution in [3.05, 3.63) is 57.9 Å². The number of benzene rings is 1. The fraction of sp³-hybridized carbons (Fsp3) is 0.167. The summed E-state index contributed by atoms with van der Waals surface area (Å²) in [6.45, 7) is 4.05. The molecule has 3 aromatic rings. The lowest BCUT2D eigenvalue weighted by atomic mass is 10.1. The number of carbonyl (C=O) groups excluding carboxylic acids is 1. The monoisotopic (exact) mass is 354 g/mol. The van der Waals surface area contributed by atoms with Crippen LogP contribution in [0, 0.1) is 6.92 Å². The highest BCUT2D eigenvalue weighted by atomic mass is 32.1. The Bertz CT molecular complexity index is 877. The van der Waals surface area contributed by atoms with E-state index in [-0.39, 0.29) is 0 Å². The molecule has 0 unspecified atom stereocenters. The van der Waals surface area contributed by atoms with Gasteiger partial charge in [-0.3, -0.25) is 10.0 Å². The molecule has 1 amide bonds. The van der Waals surface area contributed by atoms with Gasteiger partial charge < -0.3 is 5.32 Å². The summed E-state index contributed by atoms with van der Waals surface area (Å²) in [5, 5.41) is 16.0. The summed E-state index contributed by atoms with van der Waals surface area (Å²) in [4.78, 5) is 20.7. The molecule has 3 N–H and O–H groups in total. The van der Waals surface area contributed by atoms with E-state index in [1.807, 2.05) is 23.8 Å². The molecular formula is C18H18N4O2S. The predicted octanol–water partition coefficient (Wildman–Crippen LogP) is 3.94. The van der Waals surface area contributed by atoms with Crippen molar-refractivity contribution in [1.82, 2.24) is 15.4 Å². The SMILES string of the molecule is CCc1c(C)nc(-c2ccsc2)nc1Nc1ccc(C(=O)NO)cc1. The molecule has 0 saturated carbocycles. The summed E-state index contributed by atoms with van der Waals surface area (Å²) >= 11 is 1.61. The van der Waals surface area contributed by atoms with Gasteiger partial charge in [-0.25, -0.2) is 15.4 Å². The topological polar surface area (TPSA) is 87.1 Å². The molecule has 0 bridgehead atoms. The van der Waals surface area contributed by atoms with Crippen molar-refractivity contribution < 1.29 is 10.0 Å². The van der Waals surface area contributed by atoms with Gasteiger partial charge in [0.25, 0.3) is 5.91 Å². The number of hydrogen-bond acceptors (Lipinski definition) is 6. The molecule has 3 rings (SSSR count). The Hall–Kier alpha value is -2.77. The van der Waals surface area contributed by atoms with Crippen molar-refractivity contribution in [2.45, 2.75) is 20.3 Å². The van der Waals surface area contributed by atoms with E-state index in [4.69, 9.17) is 5.21 Å². The second-order valence-electron chi connectivity index (χ2n) is 5.47. The number of amides is 1. The van der Waals surface area contributed by atoms with E-state index < -0.39 is 5.91 Å². The minimum Gasteiger partial charge on any atom is -0.340 e. The van der Waals surface area contributed by atoms with Gasteiger partial charge in [-0.15, -0.1) is 0 Å². The second-order valence-corrected chi connectivity index (χ2v) is 6.25. The van der Waals surface area contributed by atoms with Gasteiger partial charge in [-0.1, -0.05) is 6.92 Å². The third-order valence-electron chi connectivity index (χ3n) is 3.86. The molecule has 1 aromatic carbocycles. The first-order valence-corrected chi connectivity index (χ1v) is 8.78. The van der Waals surface area contributed by atoms with Crippen molar-refractivity contribution in [2.75, 3.05) is 5.32 Å². The first-order valence-electron chi connectivity index (χ1n) is 7.84. The first-order chi connectivity index (χ1) is 12.1. The fourth-order valence-electron chi connectivity index (χ4n) is 2.55. The lowest BCUT2D eigenvalue weighted by Crippen LogP contribution is -2.18. The molecule has 0 aliphatic rings. The molecule has 0 aliphatic carbocycles. The summed E-state index contributed by atoms with van der Waals surface area (Å²) in [6.07, 6.45) is 0.809. The maximum atomic E-state index is 11.4. The van der Waals surface area contributed by atoms with Crippen molar-refractivity contribution in [3.8, 4) is 11.4 Å². The average molecular weight is 354 g/mol. The average Bonchev–Trinajstić information content (AvgIpc) is 3.16. The summed E-state index contributed by atoms with van der Waals surface area (Å²) in [5.74, 6) is 0.906. The van der Waals surface area contributed by atoms with E-state index in [0.717, 1.165) is 34.7 Å². The molecule has 128 valence electrons. The molecule has 0 atom stereocenters. The Balaban J connectivity index is 1.94. The van der Waals surface area contributed by atoms with Crippen LogP contribution in [0.5, 0.6) is 0 Å². The summed E-state index contributed by atoms with van der Waals surface area (Å²) in [5.41, 5.74) is 5.79. The Morgan fingerprint density at radius 3 is 2.56 bits per heavy atom. The molecule has 7 heteroatoms. The van der Waals surface area contributed by atoms with Crippen molar-refractivity contribution in [1.29, 1.82) is 0 Å². The number of rotatable bonds is 5. The van der Waals surface area contributed by atoms with Crippen LogP contribution < -0.4 is 10.8 Å². The van der Waals surface area contributed by atoms with Gasteiger partial charge >= 0.3 is 0 Å². The number of nitrogens with zero attached hydrogens (tertiary/aromatic N) is 2. The number of carbonyl (C=O) groups is 1. The Morgan fingerprint density at radius 1 is 1.20 bits per heavy atom. The highest BCUT2D eigenvalue weighted by molar-refractivity contribution is 7.08. The third kappa shape index (κ3) is 3.67. The van der Waals surface area contributed by atoms with Crippen LogP contribution in [0.25, 0.3) is 11.4 Å². The van der Waals surface area contributed by atoms with Crippen molar-refractivity contribution in [2.24, 2.45) is 0 Å². The third-order valence-corrected chi connectivity index (χ3v) is 4.54. The zero-order chi connectivity index (χ0) is 17.8. The zero-order valence-corrected chi connectivity index (χ0v) is 14.7. The maximum absolute atomic E-state index is 11.4. The molecule has 6 nitrogen and oxygen atoms in total. The largest absolute Gasteiger partial charge is 0.340 e. The summed E-state index contributed by atoms with van der Waals surface area (Å²) < 4.78 is 0. The predicted molar refractivity (Wildman–Crippen MR) is 98.4 cm³/mol. The maximum Gasteiger partial charge on any atom is 0.274 e. The van der Waals surface area contributed by atoms with Gasteiger partial charge in [-0.2, -0.15) is 11.3 Å². The normalized spacial score (nSPS) is 10.5. The van der Waals surface area contributed by atoms with Gasteiger partial charge in [0.15, 0.2) is 5.82 Å². The van der Waals surface area contributed by atoms with E-state index in [1.165, 1.54) is 0 Å². The van der Waals surface area contributed by atoms with Crippen LogP contribution in [0.3, 0.4) is 0 Å². The van der Waals surface area contributed by atoms with Crippen LogP contribution in [-0.2, 0) is 6.42 Å². The van der Waals surface area contributed by atoms with Crippen LogP contribution in [-0.4, -0.2) is 21.1 Å². The molecule has 25 heavy (non-hydrogen) atoms. The number of nitrogens with one attached hydrogen (secondary N) is 2. The highest BCUT2D eigenvalue weighted by Crippen LogP contribution is 2.26. The number of anilines is 2. The molecule has 0 aliphatic heterocycles. The number of thiophene rings is 1. The molecule has 2 heterocycles. The van der Waals surface area contributed by atoms with Gasteiger partial charge in [0, 0.05) is 33.5 Å². The lowest BCUT2D eigenvalue weighted by Gasteiger charge is -2.14. The van der Waals surface area contributed by atoms with E-state index >= 15 is 0 Å². The standard InChI is InChI=1S/C18H18N4O2S/c1-3-15-11(2)19-16(13-8-9-25-10-13)21-17(15)20-14-6-4-12(5-7-14)18(23)22-24/h4-10,24H,3H2,1-2H3,(H,22,23)(H,19,20,21). The van der Waals surface area contributed by atoms with Crippen LogP contribution >= 0.6 is 11.3 Å². The molecule has 0 fully saturated rings. The van der Waals surface area contributed by atoms with Crippen LogP contribution in [0.15, 0.2) is 41.1 Å². The first kappa shape index (κ1) is 17.1. The van der Waals surface area contributed by atoms with Gasteiger partial charge in [0.1, 0.15) is 5.82 Å². The van der Waals surface area contributed by atoms with Crippen LogP contribution in [0.2, 0.25) is 0 Å². The minimum absolute atomic E-state index is 0.376. The Labute approximate surface area is 149 Å². The van der Waals surface area contributed by atoms with Crippen molar-refractivity contribution >= 4 is 28.7 Å². The van der Waals surface area contributed by atoms with Crippen LogP contribution in [0.1, 0.15) is 28.5 Å². The lowest BCUT2D eigenvalue weighted by molar-refractivity contribution is 0.0706. The Kier molecular flexibility index (Phi) is 5.06. The van der Waals surface area contributed by atoms with Crippen LogP contribution in [0.4, 0.5) is 11.5 Å². The van der Waals surface area contributed by atoms with E-state index in [2.05, 4.69) is 22.2 Å². The smallest absolute Gasteiger partial charge is 0.274 e. The van der Waals surface area contributed by atoms with Gasteiger partial charge in [0.2, 0.25) is 0 Å². The second kappa shape index (κ2) is 7.42. The van der Waals surface area contributed by atoms with E-state index in [1.54, 1.807) is 41.1 Å². The molecule has 0 spiro atoms. The number of aromatic nitrogens is 2. The summed E-state index contributed by atoms with van der Waals surface area (Å²) in [7, 11) is 0. The van der Waals surface area contributed by atoms with E-state index in [0.29, 0.717) is 11.4 Å². The number of aryl methyl sites for hydroxylation is 1. The molecule has 2 aromatic heterocycles. The van der Waals surface area contributed by atoms with Crippen molar-refractivity contribution in [3.63, 3.8) is 0 Å². The van der Waals surface area contributed by atoms with Gasteiger partial charge in [-0.05, 0) is 49.1 Å². The number of hydroxylamine groups is 1. The molecule has 0 radical (unpaired) electrons. The highest BCUT2D eigenvalue weighted by Gasteiger charge is 2.12. The Morgan fingerprint density at radius 2 is 1.96 bits per heavy atom. The fourth-order valence-corrected chi connectivity index (χ4v) is 3.18. The van der Waals surface area contributed by atoms with E-state index in [9.17, 15) is 4.79 Å². The summed E-state index contributed by atoms with van der Waals surface area (Å²) in [6, 6.07) is 8.80. The molecular weight excluding hydrogens is 336 g/mol. The zero-order valence-electron chi connectivity index (χ0n) is 13.9. The molecule has 0 saturated heterocycles. The van der Waals surface area contributed by atoms with Gasteiger partial charge in [0.05, 0.1) is 0 Å². The minimum atomic E-state index is -0.543.